The van der Waals surface area contributed by atoms with Crippen molar-refractivity contribution in [2.24, 2.45) is 5.92 Å². The third kappa shape index (κ3) is 1.78. The first-order valence-corrected chi connectivity index (χ1v) is 7.79. The van der Waals surface area contributed by atoms with Gasteiger partial charge in [-0.15, -0.1) is 0 Å². The van der Waals surface area contributed by atoms with Gasteiger partial charge in [-0.1, -0.05) is 32.0 Å². The fourth-order valence-corrected chi connectivity index (χ4v) is 3.73. The molecule has 0 unspecified atom stereocenters. The summed E-state index contributed by atoms with van der Waals surface area (Å²) in [5.74, 6) is 0.653. The van der Waals surface area contributed by atoms with Gasteiger partial charge in [-0.05, 0) is 17.5 Å². The molecule has 2 aliphatic heterocycles. The lowest BCUT2D eigenvalue weighted by Crippen LogP contribution is -2.47. The predicted molar refractivity (Wildman–Crippen MR) is 86.2 cm³/mol. The number of H-pyrrole nitrogens is 1. The maximum absolute atomic E-state index is 13.4. The topological polar surface area (TPSA) is 78.1 Å². The third-order valence-corrected chi connectivity index (χ3v) is 4.60. The van der Waals surface area contributed by atoms with Crippen molar-refractivity contribution in [3.05, 3.63) is 41.6 Å². The largest absolute Gasteiger partial charge is 0.311 e. The van der Waals surface area contributed by atoms with E-state index in [0.29, 0.717) is 18.3 Å². The Hall–Kier alpha value is -2.63. The summed E-state index contributed by atoms with van der Waals surface area (Å²) < 4.78 is 0. The molecule has 2 aromatic rings. The van der Waals surface area contributed by atoms with E-state index in [-0.39, 0.29) is 18.2 Å². The normalized spacial score (nSPS) is 22.5. The van der Waals surface area contributed by atoms with Gasteiger partial charge in [0.25, 0.3) is 0 Å². The molecule has 6 nitrogen and oxygen atoms in total. The van der Waals surface area contributed by atoms with Gasteiger partial charge < -0.3 is 10.2 Å². The molecule has 23 heavy (non-hydrogen) atoms. The van der Waals surface area contributed by atoms with Crippen LogP contribution in [0.1, 0.15) is 31.4 Å². The third-order valence-electron chi connectivity index (χ3n) is 4.60. The highest BCUT2D eigenvalue weighted by atomic mass is 16.2. The lowest BCUT2D eigenvalue weighted by Gasteiger charge is -2.32. The van der Waals surface area contributed by atoms with Crippen molar-refractivity contribution >= 4 is 23.3 Å². The molecule has 0 saturated heterocycles. The van der Waals surface area contributed by atoms with Crippen molar-refractivity contribution in [2.45, 2.75) is 25.7 Å². The Morgan fingerprint density at radius 2 is 2.04 bits per heavy atom. The van der Waals surface area contributed by atoms with E-state index in [1.54, 1.807) is 6.20 Å². The van der Waals surface area contributed by atoms with E-state index >= 15 is 0 Å². The molecule has 0 saturated carbocycles. The van der Waals surface area contributed by atoms with Crippen molar-refractivity contribution in [1.82, 2.24) is 10.2 Å². The molecule has 1 atom stereocenters. The van der Waals surface area contributed by atoms with Gasteiger partial charge in [0.15, 0.2) is 0 Å². The van der Waals surface area contributed by atoms with E-state index in [0.717, 1.165) is 16.8 Å². The Morgan fingerprint density at radius 3 is 2.83 bits per heavy atom. The minimum atomic E-state index is -0.962. The number of hydrogen-bond donors (Lipinski definition) is 2. The Labute approximate surface area is 133 Å². The Kier molecular flexibility index (Phi) is 2.85. The van der Waals surface area contributed by atoms with Crippen LogP contribution in [0.2, 0.25) is 0 Å². The van der Waals surface area contributed by atoms with E-state index in [1.807, 2.05) is 29.2 Å². The van der Waals surface area contributed by atoms with Crippen molar-refractivity contribution in [2.75, 3.05) is 16.8 Å². The molecule has 2 amide bonds. The standard InChI is InChI=1S/C17H18N4O2/c1-10(2)9-21-13-6-4-3-5-11(13)17(16(21)23)7-14(22)19-15-12(17)8-18-20-15/h3-6,8,10H,7,9H2,1-2H3,(H2,18,19,20,22)/t17-/m1/s1. The van der Waals surface area contributed by atoms with Crippen LogP contribution in [0.15, 0.2) is 30.5 Å². The molecule has 0 bridgehead atoms. The predicted octanol–water partition coefficient (Wildman–Crippen LogP) is 2.04. The molecule has 2 N–H and O–H groups in total. The zero-order valence-electron chi connectivity index (χ0n) is 13.1. The van der Waals surface area contributed by atoms with Gasteiger partial charge in [0.1, 0.15) is 11.2 Å². The number of rotatable bonds is 2. The number of carbonyl (C=O) groups excluding carboxylic acids is 2. The number of nitrogens with zero attached hydrogens (tertiary/aromatic N) is 2. The van der Waals surface area contributed by atoms with Gasteiger partial charge in [-0.3, -0.25) is 14.7 Å². The van der Waals surface area contributed by atoms with Crippen LogP contribution in [0.25, 0.3) is 0 Å². The molecular formula is C17H18N4O2. The van der Waals surface area contributed by atoms with Crippen LogP contribution in [-0.2, 0) is 15.0 Å². The number of fused-ring (bicyclic) bond motifs is 4. The van der Waals surface area contributed by atoms with E-state index in [9.17, 15) is 9.59 Å². The van der Waals surface area contributed by atoms with Gasteiger partial charge in [0, 0.05) is 24.2 Å². The van der Waals surface area contributed by atoms with Crippen molar-refractivity contribution in [3.63, 3.8) is 0 Å². The highest BCUT2D eigenvalue weighted by molar-refractivity contribution is 6.15. The highest BCUT2D eigenvalue weighted by Gasteiger charge is 2.56. The number of aromatic nitrogens is 2. The van der Waals surface area contributed by atoms with E-state index in [1.165, 1.54) is 0 Å². The molecule has 3 heterocycles. The molecular weight excluding hydrogens is 292 g/mol. The molecule has 1 aromatic carbocycles. The second-order valence-electron chi connectivity index (χ2n) is 6.62. The highest BCUT2D eigenvalue weighted by Crippen LogP contribution is 2.51. The van der Waals surface area contributed by atoms with Crippen LogP contribution in [0.4, 0.5) is 11.5 Å². The smallest absolute Gasteiger partial charge is 0.242 e. The molecule has 0 fully saturated rings. The summed E-state index contributed by atoms with van der Waals surface area (Å²) in [5, 5.41) is 9.60. The molecule has 1 aromatic heterocycles. The zero-order valence-corrected chi connectivity index (χ0v) is 13.1. The molecule has 0 aliphatic carbocycles. The van der Waals surface area contributed by atoms with Crippen molar-refractivity contribution in [3.8, 4) is 0 Å². The molecule has 118 valence electrons. The van der Waals surface area contributed by atoms with E-state index in [2.05, 4.69) is 29.4 Å². The number of anilines is 2. The summed E-state index contributed by atoms with van der Waals surface area (Å²) in [6.07, 6.45) is 1.77. The van der Waals surface area contributed by atoms with Gasteiger partial charge in [-0.25, -0.2) is 0 Å². The summed E-state index contributed by atoms with van der Waals surface area (Å²) in [6, 6.07) is 7.75. The quantitative estimate of drug-likeness (QED) is 0.891. The number of carbonyl (C=O) groups is 2. The number of aromatic amines is 1. The minimum Gasteiger partial charge on any atom is -0.311 e. The zero-order chi connectivity index (χ0) is 16.2. The van der Waals surface area contributed by atoms with Crippen LogP contribution in [0, 0.1) is 5.92 Å². The Bertz CT molecular complexity index is 810. The van der Waals surface area contributed by atoms with Crippen LogP contribution in [0.5, 0.6) is 0 Å². The molecule has 2 aliphatic rings. The number of benzene rings is 1. The maximum Gasteiger partial charge on any atom is 0.242 e. The minimum absolute atomic E-state index is 0.0371. The van der Waals surface area contributed by atoms with Gasteiger partial charge in [0.2, 0.25) is 11.8 Å². The molecule has 0 radical (unpaired) electrons. The Balaban J connectivity index is 1.97. The monoisotopic (exact) mass is 310 g/mol. The average molecular weight is 310 g/mol. The van der Waals surface area contributed by atoms with Crippen LogP contribution < -0.4 is 10.2 Å². The summed E-state index contributed by atoms with van der Waals surface area (Å²) >= 11 is 0. The van der Waals surface area contributed by atoms with Crippen molar-refractivity contribution < 1.29 is 9.59 Å². The lowest BCUT2D eigenvalue weighted by molar-refractivity contribution is -0.126. The van der Waals surface area contributed by atoms with Crippen LogP contribution in [-0.4, -0.2) is 28.6 Å². The van der Waals surface area contributed by atoms with Crippen LogP contribution in [0.3, 0.4) is 0 Å². The number of nitrogens with one attached hydrogen (secondary N) is 2. The van der Waals surface area contributed by atoms with Crippen molar-refractivity contribution in [1.29, 1.82) is 0 Å². The second-order valence-corrected chi connectivity index (χ2v) is 6.62. The first-order chi connectivity index (χ1) is 11.0. The molecule has 6 heteroatoms. The number of para-hydroxylation sites is 1. The first-order valence-electron chi connectivity index (χ1n) is 7.79. The molecule has 1 spiro atoms. The van der Waals surface area contributed by atoms with Crippen LogP contribution >= 0.6 is 0 Å². The lowest BCUT2D eigenvalue weighted by atomic mass is 9.72. The maximum atomic E-state index is 13.4. The van der Waals surface area contributed by atoms with Gasteiger partial charge >= 0.3 is 0 Å². The average Bonchev–Trinajstić information content (AvgIpc) is 3.06. The van der Waals surface area contributed by atoms with Gasteiger partial charge in [-0.2, -0.15) is 5.10 Å². The summed E-state index contributed by atoms with van der Waals surface area (Å²) in [6.45, 7) is 4.79. The number of hydrogen-bond acceptors (Lipinski definition) is 3. The van der Waals surface area contributed by atoms with E-state index < -0.39 is 5.41 Å². The summed E-state index contributed by atoms with van der Waals surface area (Å²) in [5.41, 5.74) is 1.58. The first kappa shape index (κ1) is 14.0. The summed E-state index contributed by atoms with van der Waals surface area (Å²) in [7, 11) is 0. The summed E-state index contributed by atoms with van der Waals surface area (Å²) in [4.78, 5) is 27.4. The Morgan fingerprint density at radius 1 is 1.26 bits per heavy atom. The van der Waals surface area contributed by atoms with Gasteiger partial charge in [0.05, 0.1) is 6.20 Å². The second kappa shape index (κ2) is 4.68. The fraction of sp³-hybridized carbons (Fsp3) is 0.353. The van der Waals surface area contributed by atoms with E-state index in [4.69, 9.17) is 0 Å². The number of amides is 2. The SMILES string of the molecule is CC(C)CN1C(=O)[C@]2(CC(=O)Nc3[nH]ncc32)c2ccccc21. The fourth-order valence-electron chi connectivity index (χ4n) is 3.73. The molecule has 4 rings (SSSR count).